The summed E-state index contributed by atoms with van der Waals surface area (Å²) in [6.07, 6.45) is 5.93. The van der Waals surface area contributed by atoms with Crippen LogP contribution in [0.5, 0.6) is 0 Å². The molecular formula is C18H26N4O2. The standard InChI is InChI=1S/C18H26N4O2/c1-13(2)11-14-5-8-21(9-6-14)15-3-4-16(19-12-15)22-10-7-17(23)20-18(22)24/h3-4,12-14H,5-11H2,1-2H3,(H,20,23,24). The molecule has 0 radical (unpaired) electrons. The van der Waals surface area contributed by atoms with Gasteiger partial charge in [-0.25, -0.2) is 9.78 Å². The summed E-state index contributed by atoms with van der Waals surface area (Å²) in [4.78, 5) is 31.4. The van der Waals surface area contributed by atoms with Gasteiger partial charge in [-0.05, 0) is 43.2 Å². The van der Waals surface area contributed by atoms with Crippen molar-refractivity contribution >= 4 is 23.4 Å². The average Bonchev–Trinajstić information content (AvgIpc) is 2.55. The van der Waals surface area contributed by atoms with Crippen LogP contribution in [0.25, 0.3) is 0 Å². The fraction of sp³-hybridized carbons (Fsp3) is 0.611. The molecule has 130 valence electrons. The van der Waals surface area contributed by atoms with Crippen LogP contribution in [0.3, 0.4) is 0 Å². The number of nitrogens with zero attached hydrogens (tertiary/aromatic N) is 3. The Morgan fingerprint density at radius 2 is 1.96 bits per heavy atom. The van der Waals surface area contributed by atoms with Crippen molar-refractivity contribution in [1.29, 1.82) is 0 Å². The molecular weight excluding hydrogens is 304 g/mol. The Bertz CT molecular complexity index is 592. The maximum atomic E-state index is 11.9. The number of imide groups is 1. The van der Waals surface area contributed by atoms with Crippen LogP contribution in [0.2, 0.25) is 0 Å². The predicted molar refractivity (Wildman–Crippen MR) is 94.1 cm³/mol. The molecule has 0 saturated carbocycles. The monoisotopic (exact) mass is 330 g/mol. The van der Waals surface area contributed by atoms with Crippen LogP contribution >= 0.6 is 0 Å². The van der Waals surface area contributed by atoms with Crippen molar-refractivity contribution in [3.05, 3.63) is 18.3 Å². The minimum Gasteiger partial charge on any atom is -0.370 e. The van der Waals surface area contributed by atoms with Crippen molar-refractivity contribution in [2.45, 2.75) is 39.5 Å². The molecule has 6 nitrogen and oxygen atoms in total. The van der Waals surface area contributed by atoms with Crippen LogP contribution in [0.15, 0.2) is 18.3 Å². The van der Waals surface area contributed by atoms with Gasteiger partial charge < -0.3 is 4.90 Å². The van der Waals surface area contributed by atoms with E-state index in [-0.39, 0.29) is 11.9 Å². The molecule has 0 aromatic carbocycles. The highest BCUT2D eigenvalue weighted by molar-refractivity contribution is 6.05. The lowest BCUT2D eigenvalue weighted by atomic mass is 9.88. The van der Waals surface area contributed by atoms with E-state index < -0.39 is 0 Å². The van der Waals surface area contributed by atoms with Gasteiger partial charge in [0.2, 0.25) is 5.91 Å². The van der Waals surface area contributed by atoms with Gasteiger partial charge in [0.25, 0.3) is 0 Å². The zero-order valence-electron chi connectivity index (χ0n) is 14.5. The molecule has 24 heavy (non-hydrogen) atoms. The maximum absolute atomic E-state index is 11.9. The quantitative estimate of drug-likeness (QED) is 0.922. The van der Waals surface area contributed by atoms with E-state index in [0.29, 0.717) is 18.8 Å². The molecule has 2 saturated heterocycles. The van der Waals surface area contributed by atoms with Crippen LogP contribution in [-0.2, 0) is 4.79 Å². The number of hydrogen-bond donors (Lipinski definition) is 1. The third-order valence-corrected chi connectivity index (χ3v) is 4.85. The van der Waals surface area contributed by atoms with Gasteiger partial charge in [0.15, 0.2) is 0 Å². The summed E-state index contributed by atoms with van der Waals surface area (Å²) in [5.74, 6) is 1.98. The lowest BCUT2D eigenvalue weighted by Gasteiger charge is -2.34. The van der Waals surface area contributed by atoms with Crippen LogP contribution in [-0.4, -0.2) is 36.6 Å². The molecule has 2 fully saturated rings. The van der Waals surface area contributed by atoms with Gasteiger partial charge in [-0.1, -0.05) is 13.8 Å². The Morgan fingerprint density at radius 1 is 1.21 bits per heavy atom. The number of aromatic nitrogens is 1. The number of hydrogen-bond acceptors (Lipinski definition) is 4. The van der Waals surface area contributed by atoms with E-state index in [0.717, 1.165) is 30.6 Å². The molecule has 3 amide bonds. The van der Waals surface area contributed by atoms with Gasteiger partial charge in [0.05, 0.1) is 11.9 Å². The van der Waals surface area contributed by atoms with Crippen molar-refractivity contribution in [2.75, 3.05) is 29.4 Å². The number of pyridine rings is 1. The topological polar surface area (TPSA) is 65.5 Å². The first kappa shape index (κ1) is 16.7. The number of nitrogens with one attached hydrogen (secondary N) is 1. The van der Waals surface area contributed by atoms with E-state index in [2.05, 4.69) is 29.0 Å². The second-order valence-electron chi connectivity index (χ2n) is 7.19. The zero-order valence-corrected chi connectivity index (χ0v) is 14.5. The SMILES string of the molecule is CC(C)CC1CCN(c2ccc(N3CCC(=O)NC3=O)nc2)CC1. The van der Waals surface area contributed by atoms with E-state index in [4.69, 9.17) is 0 Å². The normalized spacial score (nSPS) is 19.8. The van der Waals surface area contributed by atoms with E-state index >= 15 is 0 Å². The van der Waals surface area contributed by atoms with Crippen LogP contribution in [0.1, 0.15) is 39.5 Å². The minimum atomic E-state index is -0.388. The lowest BCUT2D eigenvalue weighted by molar-refractivity contribution is -0.120. The number of urea groups is 1. The van der Waals surface area contributed by atoms with Crippen molar-refractivity contribution in [1.82, 2.24) is 10.3 Å². The molecule has 1 N–H and O–H groups in total. The first-order chi connectivity index (χ1) is 11.5. The van der Waals surface area contributed by atoms with E-state index in [1.165, 1.54) is 24.2 Å². The smallest absolute Gasteiger partial charge is 0.329 e. The first-order valence-corrected chi connectivity index (χ1v) is 8.85. The van der Waals surface area contributed by atoms with Gasteiger partial charge in [0, 0.05) is 26.1 Å². The second kappa shape index (κ2) is 7.20. The molecule has 0 unspecified atom stereocenters. The predicted octanol–water partition coefficient (Wildman–Crippen LogP) is 2.79. The highest BCUT2D eigenvalue weighted by atomic mass is 16.2. The number of rotatable bonds is 4. The van der Waals surface area contributed by atoms with Crippen molar-refractivity contribution in [2.24, 2.45) is 11.8 Å². The number of carbonyl (C=O) groups excluding carboxylic acids is 2. The van der Waals surface area contributed by atoms with Crippen molar-refractivity contribution in [3.63, 3.8) is 0 Å². The maximum Gasteiger partial charge on any atom is 0.329 e. The molecule has 0 aliphatic carbocycles. The number of carbonyl (C=O) groups is 2. The second-order valence-corrected chi connectivity index (χ2v) is 7.19. The van der Waals surface area contributed by atoms with E-state index in [1.807, 2.05) is 18.3 Å². The molecule has 6 heteroatoms. The van der Waals surface area contributed by atoms with Gasteiger partial charge in [-0.2, -0.15) is 0 Å². The van der Waals surface area contributed by atoms with Crippen LogP contribution < -0.4 is 15.1 Å². The Balaban J connectivity index is 1.59. The summed E-state index contributed by atoms with van der Waals surface area (Å²) in [5, 5.41) is 2.32. The summed E-state index contributed by atoms with van der Waals surface area (Å²) in [6, 6.07) is 3.50. The fourth-order valence-electron chi connectivity index (χ4n) is 3.60. The third kappa shape index (κ3) is 3.86. The highest BCUT2D eigenvalue weighted by Crippen LogP contribution is 2.28. The molecule has 0 bridgehead atoms. The Hall–Kier alpha value is -2.11. The molecule has 1 aromatic heterocycles. The molecule has 2 aliphatic heterocycles. The van der Waals surface area contributed by atoms with Gasteiger partial charge in [0.1, 0.15) is 5.82 Å². The van der Waals surface area contributed by atoms with E-state index in [9.17, 15) is 9.59 Å². The van der Waals surface area contributed by atoms with Crippen molar-refractivity contribution < 1.29 is 9.59 Å². The summed E-state index contributed by atoms with van der Waals surface area (Å²) in [7, 11) is 0. The Labute approximate surface area is 143 Å². The fourth-order valence-corrected chi connectivity index (χ4v) is 3.60. The summed E-state index contributed by atoms with van der Waals surface area (Å²) in [5.41, 5.74) is 1.11. The molecule has 3 heterocycles. The Kier molecular flexibility index (Phi) is 5.02. The van der Waals surface area contributed by atoms with E-state index in [1.54, 1.807) is 0 Å². The number of piperidine rings is 1. The molecule has 0 atom stereocenters. The van der Waals surface area contributed by atoms with Gasteiger partial charge in [-0.3, -0.25) is 15.0 Å². The lowest BCUT2D eigenvalue weighted by Crippen LogP contribution is -2.49. The summed E-state index contributed by atoms with van der Waals surface area (Å²) < 4.78 is 0. The zero-order chi connectivity index (χ0) is 17.1. The molecule has 3 rings (SSSR count). The molecule has 2 aliphatic rings. The first-order valence-electron chi connectivity index (χ1n) is 8.85. The van der Waals surface area contributed by atoms with Gasteiger partial charge >= 0.3 is 6.03 Å². The number of amides is 3. The summed E-state index contributed by atoms with van der Waals surface area (Å²) in [6.45, 7) is 7.10. The molecule has 1 aromatic rings. The number of anilines is 2. The average molecular weight is 330 g/mol. The van der Waals surface area contributed by atoms with Crippen LogP contribution in [0, 0.1) is 11.8 Å². The summed E-state index contributed by atoms with van der Waals surface area (Å²) >= 11 is 0. The van der Waals surface area contributed by atoms with Crippen LogP contribution in [0.4, 0.5) is 16.3 Å². The highest BCUT2D eigenvalue weighted by Gasteiger charge is 2.25. The largest absolute Gasteiger partial charge is 0.370 e. The van der Waals surface area contributed by atoms with Crippen molar-refractivity contribution in [3.8, 4) is 0 Å². The Morgan fingerprint density at radius 3 is 2.54 bits per heavy atom. The minimum absolute atomic E-state index is 0.225. The van der Waals surface area contributed by atoms with Gasteiger partial charge in [-0.15, -0.1) is 0 Å². The molecule has 0 spiro atoms. The third-order valence-electron chi connectivity index (χ3n) is 4.85.